The minimum Gasteiger partial charge on any atom is -0.480 e. The van der Waals surface area contributed by atoms with Crippen LogP contribution in [0.25, 0.3) is 0 Å². The van der Waals surface area contributed by atoms with E-state index in [9.17, 15) is 4.79 Å². The Kier molecular flexibility index (Phi) is 8.37. The van der Waals surface area contributed by atoms with Crippen molar-refractivity contribution in [3.8, 4) is 0 Å². The molecule has 0 radical (unpaired) electrons. The van der Waals surface area contributed by atoms with E-state index >= 15 is 0 Å². The van der Waals surface area contributed by atoms with E-state index in [1.807, 2.05) is 38.1 Å². The molecule has 0 aromatic heterocycles. The van der Waals surface area contributed by atoms with Crippen LogP contribution < -0.4 is 5.73 Å². The zero-order chi connectivity index (χ0) is 15.7. The van der Waals surface area contributed by atoms with Gasteiger partial charge in [0.2, 0.25) is 0 Å². The molecule has 1 aliphatic heterocycles. The molecule has 0 saturated carbocycles. The van der Waals surface area contributed by atoms with Gasteiger partial charge in [0.15, 0.2) is 6.29 Å². The van der Waals surface area contributed by atoms with E-state index in [-0.39, 0.29) is 6.29 Å². The Labute approximate surface area is 129 Å². The average molecular weight is 313 g/mol. The van der Waals surface area contributed by atoms with Crippen molar-refractivity contribution in [1.82, 2.24) is 0 Å². The lowest BCUT2D eigenvalue weighted by molar-refractivity contribution is -0.138. The Morgan fingerprint density at radius 1 is 1.33 bits per heavy atom. The summed E-state index contributed by atoms with van der Waals surface area (Å²) in [5.41, 5.74) is 6.41. The van der Waals surface area contributed by atoms with Gasteiger partial charge in [0, 0.05) is 10.6 Å². The van der Waals surface area contributed by atoms with Crippen LogP contribution in [-0.4, -0.2) is 42.4 Å². The standard InChI is InChI=1S/C13H17NO4S.C2H6/c14-11(13(15)16)7-9-1-3-10(4-2-9)19-8-12-17-5-6-18-12;1-2/h1-4,11-12H,5-8,14H2,(H,15,16);1-2H3. The third kappa shape index (κ3) is 6.48. The summed E-state index contributed by atoms with van der Waals surface area (Å²) < 4.78 is 10.7. The lowest BCUT2D eigenvalue weighted by Crippen LogP contribution is -2.32. The highest BCUT2D eigenvalue weighted by Crippen LogP contribution is 2.22. The largest absolute Gasteiger partial charge is 0.480 e. The fourth-order valence-corrected chi connectivity index (χ4v) is 2.58. The topological polar surface area (TPSA) is 81.8 Å². The van der Waals surface area contributed by atoms with Crippen LogP contribution in [0, 0.1) is 0 Å². The smallest absolute Gasteiger partial charge is 0.320 e. The second kappa shape index (κ2) is 9.78. The minimum atomic E-state index is -0.978. The van der Waals surface area contributed by atoms with E-state index < -0.39 is 12.0 Å². The maximum absolute atomic E-state index is 10.7. The Bertz CT molecular complexity index is 418. The van der Waals surface area contributed by atoms with Crippen molar-refractivity contribution in [2.45, 2.75) is 37.5 Å². The lowest BCUT2D eigenvalue weighted by atomic mass is 10.1. The fraction of sp³-hybridized carbons (Fsp3) is 0.533. The monoisotopic (exact) mass is 313 g/mol. The molecule has 3 N–H and O–H groups in total. The predicted octanol–water partition coefficient (Wildman–Crippen LogP) is 2.13. The molecule has 6 heteroatoms. The van der Waals surface area contributed by atoms with Gasteiger partial charge in [-0.05, 0) is 24.1 Å². The van der Waals surface area contributed by atoms with E-state index in [1.54, 1.807) is 11.8 Å². The molecule has 1 aromatic rings. The summed E-state index contributed by atoms with van der Waals surface area (Å²) in [6.45, 7) is 5.33. The van der Waals surface area contributed by atoms with Gasteiger partial charge in [-0.15, -0.1) is 11.8 Å². The molecule has 1 aromatic carbocycles. The fourth-order valence-electron chi connectivity index (χ4n) is 1.73. The van der Waals surface area contributed by atoms with Gasteiger partial charge in [-0.25, -0.2) is 0 Å². The van der Waals surface area contributed by atoms with E-state index in [1.165, 1.54) is 0 Å². The van der Waals surface area contributed by atoms with Crippen molar-refractivity contribution in [3.63, 3.8) is 0 Å². The Morgan fingerprint density at radius 3 is 2.43 bits per heavy atom. The van der Waals surface area contributed by atoms with Gasteiger partial charge in [-0.2, -0.15) is 0 Å². The summed E-state index contributed by atoms with van der Waals surface area (Å²) in [5.74, 6) is -0.220. The first-order chi connectivity index (χ1) is 10.1. The van der Waals surface area contributed by atoms with Crippen LogP contribution in [0.1, 0.15) is 19.4 Å². The van der Waals surface area contributed by atoms with Crippen molar-refractivity contribution in [2.24, 2.45) is 5.73 Å². The zero-order valence-corrected chi connectivity index (χ0v) is 13.3. The molecule has 1 unspecified atom stereocenters. The van der Waals surface area contributed by atoms with Crippen molar-refractivity contribution >= 4 is 17.7 Å². The maximum atomic E-state index is 10.7. The number of ether oxygens (including phenoxy) is 2. The van der Waals surface area contributed by atoms with E-state index in [4.69, 9.17) is 20.3 Å². The van der Waals surface area contributed by atoms with Gasteiger partial charge < -0.3 is 20.3 Å². The van der Waals surface area contributed by atoms with E-state index in [0.717, 1.165) is 16.2 Å². The molecule has 1 saturated heterocycles. The third-order valence-electron chi connectivity index (χ3n) is 2.77. The molecular weight excluding hydrogens is 290 g/mol. The van der Waals surface area contributed by atoms with Crippen LogP contribution in [0.15, 0.2) is 29.2 Å². The molecule has 1 atom stereocenters. The first kappa shape index (κ1) is 18.0. The number of hydrogen-bond acceptors (Lipinski definition) is 5. The molecule has 1 fully saturated rings. The predicted molar refractivity (Wildman–Crippen MR) is 83.5 cm³/mol. The SMILES string of the molecule is CC.NC(Cc1ccc(SCC2OCCO2)cc1)C(=O)O. The van der Waals surface area contributed by atoms with E-state index in [2.05, 4.69) is 0 Å². The van der Waals surface area contributed by atoms with Crippen LogP contribution in [0.3, 0.4) is 0 Å². The van der Waals surface area contributed by atoms with Gasteiger partial charge in [0.05, 0.1) is 13.2 Å². The first-order valence-electron chi connectivity index (χ1n) is 7.08. The molecule has 0 aliphatic carbocycles. The lowest BCUT2D eigenvalue weighted by Gasteiger charge is -2.09. The first-order valence-corrected chi connectivity index (χ1v) is 8.07. The molecule has 5 nitrogen and oxygen atoms in total. The Balaban J connectivity index is 0.00000106. The average Bonchev–Trinajstić information content (AvgIpc) is 3.02. The van der Waals surface area contributed by atoms with Gasteiger partial charge in [0.1, 0.15) is 6.04 Å². The molecule has 118 valence electrons. The summed E-state index contributed by atoms with van der Waals surface area (Å²) in [5, 5.41) is 8.75. The molecular formula is C15H23NO4S. The van der Waals surface area contributed by atoms with Crippen LogP contribution in [0.4, 0.5) is 0 Å². The highest BCUT2D eigenvalue weighted by atomic mass is 32.2. The molecule has 0 bridgehead atoms. The van der Waals surface area contributed by atoms with Crippen LogP contribution in [0.2, 0.25) is 0 Å². The summed E-state index contributed by atoms with van der Waals surface area (Å²) in [4.78, 5) is 11.8. The number of benzene rings is 1. The molecule has 2 rings (SSSR count). The van der Waals surface area contributed by atoms with Gasteiger partial charge in [0.25, 0.3) is 0 Å². The van der Waals surface area contributed by atoms with Crippen molar-refractivity contribution in [3.05, 3.63) is 29.8 Å². The number of aliphatic carboxylic acids is 1. The number of nitrogens with two attached hydrogens (primary N) is 1. The summed E-state index contributed by atoms with van der Waals surface area (Å²) in [6.07, 6.45) is 0.222. The molecule has 1 aliphatic rings. The quantitative estimate of drug-likeness (QED) is 0.783. The van der Waals surface area contributed by atoms with Crippen molar-refractivity contribution in [2.75, 3.05) is 19.0 Å². The second-order valence-corrected chi connectivity index (χ2v) is 5.37. The zero-order valence-electron chi connectivity index (χ0n) is 12.5. The Hall–Kier alpha value is -1.08. The van der Waals surface area contributed by atoms with Gasteiger partial charge >= 0.3 is 5.97 Å². The summed E-state index contributed by atoms with van der Waals surface area (Å²) in [6, 6.07) is 6.88. The number of hydrogen-bond donors (Lipinski definition) is 2. The normalized spacial score (nSPS) is 16.1. The molecule has 21 heavy (non-hydrogen) atoms. The Morgan fingerprint density at radius 2 is 1.90 bits per heavy atom. The third-order valence-corrected chi connectivity index (χ3v) is 3.82. The highest BCUT2D eigenvalue weighted by molar-refractivity contribution is 7.99. The van der Waals surface area contributed by atoms with Gasteiger partial charge in [-0.1, -0.05) is 26.0 Å². The number of rotatable bonds is 6. The minimum absolute atomic E-state index is 0.120. The maximum Gasteiger partial charge on any atom is 0.320 e. The van der Waals surface area contributed by atoms with Gasteiger partial charge in [-0.3, -0.25) is 4.79 Å². The van der Waals surface area contributed by atoms with Crippen LogP contribution in [-0.2, 0) is 20.7 Å². The highest BCUT2D eigenvalue weighted by Gasteiger charge is 2.16. The molecule has 1 heterocycles. The molecule has 0 amide bonds. The van der Waals surface area contributed by atoms with Crippen molar-refractivity contribution < 1.29 is 19.4 Å². The van der Waals surface area contributed by atoms with Crippen LogP contribution in [0.5, 0.6) is 0 Å². The summed E-state index contributed by atoms with van der Waals surface area (Å²) in [7, 11) is 0. The van der Waals surface area contributed by atoms with Crippen molar-refractivity contribution in [1.29, 1.82) is 0 Å². The number of carbonyl (C=O) groups is 1. The summed E-state index contributed by atoms with van der Waals surface area (Å²) >= 11 is 1.65. The number of thioether (sulfide) groups is 1. The molecule has 0 spiro atoms. The van der Waals surface area contributed by atoms with E-state index in [0.29, 0.717) is 19.6 Å². The second-order valence-electron chi connectivity index (χ2n) is 4.27. The number of carboxylic acids is 1. The number of carboxylic acid groups (broad SMARTS) is 1. The van der Waals surface area contributed by atoms with Crippen LogP contribution >= 0.6 is 11.8 Å².